The van der Waals surface area contributed by atoms with Crippen LogP contribution in [-0.2, 0) is 9.53 Å². The summed E-state index contributed by atoms with van der Waals surface area (Å²) < 4.78 is 5.43. The van der Waals surface area contributed by atoms with Crippen LogP contribution in [-0.4, -0.2) is 37.7 Å². The van der Waals surface area contributed by atoms with Crippen LogP contribution in [0, 0.1) is 0 Å². The number of hydrogen-bond donors (Lipinski definition) is 2. The molecule has 4 heteroatoms. The van der Waals surface area contributed by atoms with Gasteiger partial charge in [0.05, 0.1) is 6.10 Å². The molecule has 0 radical (unpaired) electrons. The highest BCUT2D eigenvalue weighted by atomic mass is 16.5. The molecule has 1 amide bonds. The summed E-state index contributed by atoms with van der Waals surface area (Å²) in [6, 6.07) is 0.402. The number of amides is 1. The predicted octanol–water partition coefficient (Wildman–Crippen LogP) is 1.45. The average Bonchev–Trinajstić information content (AvgIpc) is 2.75. The molecule has 1 fully saturated rings. The van der Waals surface area contributed by atoms with Gasteiger partial charge in [-0.2, -0.15) is 0 Å². The Balaban J connectivity index is 1.89. The van der Waals surface area contributed by atoms with E-state index in [-0.39, 0.29) is 5.91 Å². The van der Waals surface area contributed by atoms with Crippen molar-refractivity contribution in [2.24, 2.45) is 0 Å². The molecule has 4 nitrogen and oxygen atoms in total. The van der Waals surface area contributed by atoms with E-state index < -0.39 is 0 Å². The summed E-state index contributed by atoms with van der Waals surface area (Å²) in [5, 5.41) is 6.29. The van der Waals surface area contributed by atoms with E-state index in [4.69, 9.17) is 4.74 Å². The van der Waals surface area contributed by atoms with Gasteiger partial charge in [-0.15, -0.1) is 0 Å². The maximum atomic E-state index is 11.6. The van der Waals surface area contributed by atoms with Gasteiger partial charge < -0.3 is 15.4 Å². The summed E-state index contributed by atoms with van der Waals surface area (Å²) in [4.78, 5) is 11.6. The molecule has 1 heterocycles. The number of unbranched alkanes of at least 4 members (excludes halogenated alkanes) is 1. The average molecular weight is 242 g/mol. The molecule has 2 N–H and O–H groups in total. The molecule has 0 aromatic rings. The fourth-order valence-corrected chi connectivity index (χ4v) is 2.00. The van der Waals surface area contributed by atoms with Crippen molar-refractivity contribution in [1.29, 1.82) is 0 Å². The van der Waals surface area contributed by atoms with Crippen LogP contribution in [0.15, 0.2) is 0 Å². The molecule has 1 aliphatic heterocycles. The second kappa shape index (κ2) is 8.48. The highest BCUT2D eigenvalue weighted by molar-refractivity contribution is 5.76. The zero-order chi connectivity index (χ0) is 12.5. The molecule has 0 bridgehead atoms. The molecule has 0 aliphatic carbocycles. The normalized spacial score (nSPS) is 19.8. The van der Waals surface area contributed by atoms with E-state index in [0.717, 1.165) is 39.0 Å². The Labute approximate surface area is 104 Å². The van der Waals surface area contributed by atoms with Gasteiger partial charge >= 0.3 is 0 Å². The maximum Gasteiger partial charge on any atom is 0.221 e. The van der Waals surface area contributed by atoms with Crippen molar-refractivity contribution in [2.75, 3.05) is 19.7 Å². The van der Waals surface area contributed by atoms with Gasteiger partial charge in [0.2, 0.25) is 5.91 Å². The minimum atomic E-state index is 0.175. The van der Waals surface area contributed by atoms with Crippen molar-refractivity contribution >= 4 is 5.91 Å². The molecule has 1 aliphatic rings. The Morgan fingerprint density at radius 3 is 2.94 bits per heavy atom. The zero-order valence-electron chi connectivity index (χ0n) is 11.1. The lowest BCUT2D eigenvalue weighted by molar-refractivity contribution is -0.121. The van der Waals surface area contributed by atoms with Crippen molar-refractivity contribution in [1.82, 2.24) is 10.6 Å². The van der Waals surface area contributed by atoms with Gasteiger partial charge in [-0.3, -0.25) is 4.79 Å². The largest absolute Gasteiger partial charge is 0.379 e. The summed E-state index contributed by atoms with van der Waals surface area (Å²) in [6.07, 6.45) is 5.28. The van der Waals surface area contributed by atoms with E-state index in [1.807, 2.05) is 13.8 Å². The fourth-order valence-electron chi connectivity index (χ4n) is 2.00. The van der Waals surface area contributed by atoms with E-state index in [0.29, 0.717) is 18.6 Å². The first kappa shape index (κ1) is 14.5. The number of hydrogen-bond acceptors (Lipinski definition) is 3. The Kier molecular flexibility index (Phi) is 7.21. The number of carbonyl (C=O) groups excluding carboxylic acids is 1. The number of rotatable bonds is 8. The second-order valence-corrected chi connectivity index (χ2v) is 4.97. The minimum absolute atomic E-state index is 0.175. The van der Waals surface area contributed by atoms with Gasteiger partial charge in [-0.1, -0.05) is 0 Å². The predicted molar refractivity (Wildman–Crippen MR) is 69.0 cm³/mol. The van der Waals surface area contributed by atoms with Crippen LogP contribution >= 0.6 is 0 Å². The highest BCUT2D eigenvalue weighted by Gasteiger charge is 2.16. The first-order chi connectivity index (χ1) is 8.18. The standard InChI is InChI=1S/C13H26N2O2/c1-11(2)17-9-4-3-7-15-13(16)10-12-6-5-8-14-12/h11-12,14H,3-10H2,1-2H3,(H,15,16). The van der Waals surface area contributed by atoms with E-state index in [9.17, 15) is 4.79 Å². The lowest BCUT2D eigenvalue weighted by Crippen LogP contribution is -2.32. The second-order valence-electron chi connectivity index (χ2n) is 4.97. The summed E-state index contributed by atoms with van der Waals surface area (Å²) in [5.41, 5.74) is 0. The van der Waals surface area contributed by atoms with E-state index in [1.165, 1.54) is 6.42 Å². The Morgan fingerprint density at radius 2 is 2.29 bits per heavy atom. The molecule has 1 unspecified atom stereocenters. The zero-order valence-corrected chi connectivity index (χ0v) is 11.1. The van der Waals surface area contributed by atoms with Gasteiger partial charge in [0, 0.05) is 25.6 Å². The number of carbonyl (C=O) groups is 1. The lowest BCUT2D eigenvalue weighted by atomic mass is 10.1. The van der Waals surface area contributed by atoms with Crippen molar-refractivity contribution < 1.29 is 9.53 Å². The van der Waals surface area contributed by atoms with Gasteiger partial charge in [0.15, 0.2) is 0 Å². The number of nitrogens with one attached hydrogen (secondary N) is 2. The van der Waals surface area contributed by atoms with Crippen LogP contribution in [0.3, 0.4) is 0 Å². The molecule has 1 rings (SSSR count). The van der Waals surface area contributed by atoms with Crippen LogP contribution < -0.4 is 10.6 Å². The highest BCUT2D eigenvalue weighted by Crippen LogP contribution is 2.08. The third kappa shape index (κ3) is 7.34. The van der Waals surface area contributed by atoms with Crippen LogP contribution in [0.25, 0.3) is 0 Å². The molecular formula is C13H26N2O2. The molecule has 1 atom stereocenters. The quantitative estimate of drug-likeness (QED) is 0.633. The summed E-state index contributed by atoms with van der Waals surface area (Å²) in [7, 11) is 0. The number of ether oxygens (including phenoxy) is 1. The molecule has 0 spiro atoms. The summed E-state index contributed by atoms with van der Waals surface area (Å²) in [5.74, 6) is 0.175. The topological polar surface area (TPSA) is 50.4 Å². The molecule has 1 saturated heterocycles. The maximum absolute atomic E-state index is 11.6. The monoisotopic (exact) mass is 242 g/mol. The first-order valence-corrected chi connectivity index (χ1v) is 6.80. The van der Waals surface area contributed by atoms with E-state index in [1.54, 1.807) is 0 Å². The molecule has 100 valence electrons. The molecule has 17 heavy (non-hydrogen) atoms. The molecular weight excluding hydrogens is 216 g/mol. The smallest absolute Gasteiger partial charge is 0.221 e. The van der Waals surface area contributed by atoms with Crippen LogP contribution in [0.1, 0.15) is 46.0 Å². The van der Waals surface area contributed by atoms with E-state index >= 15 is 0 Å². The van der Waals surface area contributed by atoms with Crippen molar-refractivity contribution in [3.05, 3.63) is 0 Å². The lowest BCUT2D eigenvalue weighted by Gasteiger charge is -2.10. The summed E-state index contributed by atoms with van der Waals surface area (Å²) >= 11 is 0. The fraction of sp³-hybridized carbons (Fsp3) is 0.923. The molecule has 0 aromatic heterocycles. The van der Waals surface area contributed by atoms with E-state index in [2.05, 4.69) is 10.6 Å². The third-order valence-electron chi connectivity index (χ3n) is 2.94. The minimum Gasteiger partial charge on any atom is -0.379 e. The molecule has 0 saturated carbocycles. The first-order valence-electron chi connectivity index (χ1n) is 6.80. The Hall–Kier alpha value is -0.610. The van der Waals surface area contributed by atoms with Crippen LogP contribution in [0.5, 0.6) is 0 Å². The van der Waals surface area contributed by atoms with Gasteiger partial charge in [-0.25, -0.2) is 0 Å². The van der Waals surface area contributed by atoms with Crippen molar-refractivity contribution in [3.8, 4) is 0 Å². The van der Waals surface area contributed by atoms with Gasteiger partial charge in [0.25, 0.3) is 0 Å². The Bertz CT molecular complexity index is 213. The SMILES string of the molecule is CC(C)OCCCCNC(=O)CC1CCCN1. The van der Waals surface area contributed by atoms with Crippen molar-refractivity contribution in [3.63, 3.8) is 0 Å². The van der Waals surface area contributed by atoms with Crippen LogP contribution in [0.4, 0.5) is 0 Å². The van der Waals surface area contributed by atoms with Crippen molar-refractivity contribution in [2.45, 2.75) is 58.1 Å². The van der Waals surface area contributed by atoms with Gasteiger partial charge in [-0.05, 0) is 46.1 Å². The summed E-state index contributed by atoms with van der Waals surface area (Å²) in [6.45, 7) is 6.70. The molecule has 0 aromatic carbocycles. The van der Waals surface area contributed by atoms with Gasteiger partial charge in [0.1, 0.15) is 0 Å². The Morgan fingerprint density at radius 1 is 1.47 bits per heavy atom. The third-order valence-corrected chi connectivity index (χ3v) is 2.94. The van der Waals surface area contributed by atoms with Crippen LogP contribution in [0.2, 0.25) is 0 Å².